The lowest BCUT2D eigenvalue weighted by Gasteiger charge is -2.34. The van der Waals surface area contributed by atoms with Gasteiger partial charge in [-0.3, -0.25) is 9.48 Å². The predicted octanol–water partition coefficient (Wildman–Crippen LogP) is 5.05. The smallest absolute Gasteiger partial charge is 0.249 e. The van der Waals surface area contributed by atoms with Crippen LogP contribution in [-0.2, 0) is 11.8 Å². The Labute approximate surface area is 153 Å². The number of carbonyl (C=O) groups excluding carboxylic acids is 1. The third-order valence-corrected chi connectivity index (χ3v) is 6.34. The summed E-state index contributed by atoms with van der Waals surface area (Å²) in [6.45, 7) is 0. The first-order valence-electron chi connectivity index (χ1n) is 8.35. The summed E-state index contributed by atoms with van der Waals surface area (Å²) in [6.07, 6.45) is 2.49. The first-order valence-corrected chi connectivity index (χ1v) is 9.55. The average Bonchev–Trinajstić information content (AvgIpc) is 3.01. The van der Waals surface area contributed by atoms with E-state index in [0.29, 0.717) is 16.1 Å². The van der Waals surface area contributed by atoms with Crippen LogP contribution in [0.15, 0.2) is 12.1 Å². The van der Waals surface area contributed by atoms with E-state index in [1.54, 1.807) is 11.7 Å². The molecule has 134 valence electrons. The highest BCUT2D eigenvalue weighted by molar-refractivity contribution is 7.19. The van der Waals surface area contributed by atoms with Crippen molar-refractivity contribution < 1.29 is 13.6 Å². The topological polar surface area (TPSA) is 46.9 Å². The lowest BCUT2D eigenvalue weighted by atomic mass is 9.79. The van der Waals surface area contributed by atoms with Gasteiger partial charge in [-0.15, -0.1) is 11.3 Å². The van der Waals surface area contributed by atoms with Crippen LogP contribution < -0.4 is 5.32 Å². The molecule has 2 fully saturated rings. The summed E-state index contributed by atoms with van der Waals surface area (Å²) >= 11 is 7.51. The maximum Gasteiger partial charge on any atom is 0.249 e. The monoisotopic (exact) mass is 385 g/mol. The summed E-state index contributed by atoms with van der Waals surface area (Å²) < 4.78 is 28.4. The molecule has 1 N–H and O–H groups in total. The lowest BCUT2D eigenvalue weighted by Crippen LogP contribution is -2.42. The molecule has 0 aromatic carbocycles. The second-order valence-electron chi connectivity index (χ2n) is 6.92. The van der Waals surface area contributed by atoms with Crippen LogP contribution >= 0.6 is 22.9 Å². The molecule has 0 atom stereocenters. The molecule has 0 saturated heterocycles. The molecule has 0 radical (unpaired) electrons. The van der Waals surface area contributed by atoms with Gasteiger partial charge in [-0.2, -0.15) is 5.10 Å². The molecule has 4 rings (SSSR count). The van der Waals surface area contributed by atoms with Gasteiger partial charge >= 0.3 is 0 Å². The Morgan fingerprint density at radius 3 is 2.64 bits per heavy atom. The first kappa shape index (κ1) is 17.0. The molecule has 25 heavy (non-hydrogen) atoms. The summed E-state index contributed by atoms with van der Waals surface area (Å²) in [5, 5.41) is 7.45. The highest BCUT2D eigenvalue weighted by Crippen LogP contribution is 2.47. The number of anilines is 1. The number of hydrogen-bond acceptors (Lipinski definition) is 3. The van der Waals surface area contributed by atoms with Crippen LogP contribution in [-0.4, -0.2) is 21.6 Å². The number of nitrogens with zero attached hydrogens (tertiary/aromatic N) is 2. The molecule has 2 heterocycles. The number of alkyl halides is 2. The maximum absolute atomic E-state index is 13.1. The highest BCUT2D eigenvalue weighted by Gasteiger charge is 2.49. The van der Waals surface area contributed by atoms with Crippen LogP contribution in [0.3, 0.4) is 0 Å². The number of hydrogen-bond donors (Lipinski definition) is 1. The van der Waals surface area contributed by atoms with Crippen LogP contribution in [0.1, 0.15) is 43.6 Å². The molecule has 0 bridgehead atoms. The minimum atomic E-state index is -2.70. The zero-order chi connectivity index (χ0) is 17.8. The Morgan fingerprint density at radius 2 is 2.12 bits per heavy atom. The van der Waals surface area contributed by atoms with E-state index in [-0.39, 0.29) is 18.7 Å². The standard InChI is InChI=1S/C17H18ClF2N3OS/c1-23-15(21-16(24)10-7-17(19,20)8-10)13(9-3-2-4-9)14(22-23)11-5-6-12(18)25-11/h5-6,9-10H,2-4,7-8H2,1H3,(H,21,24). The summed E-state index contributed by atoms with van der Waals surface area (Å²) in [7, 11) is 1.77. The molecule has 2 aliphatic rings. The zero-order valence-corrected chi connectivity index (χ0v) is 15.3. The van der Waals surface area contributed by atoms with Gasteiger partial charge in [0.05, 0.1) is 9.21 Å². The van der Waals surface area contributed by atoms with Crippen LogP contribution in [0.25, 0.3) is 10.6 Å². The molecule has 1 amide bonds. The summed E-state index contributed by atoms with van der Waals surface area (Å²) in [5.74, 6) is -2.71. The van der Waals surface area contributed by atoms with Crippen molar-refractivity contribution >= 4 is 34.7 Å². The molecule has 2 aromatic rings. The van der Waals surface area contributed by atoms with Crippen molar-refractivity contribution in [2.75, 3.05) is 5.32 Å². The van der Waals surface area contributed by atoms with Gasteiger partial charge in [-0.1, -0.05) is 18.0 Å². The minimum Gasteiger partial charge on any atom is -0.310 e. The van der Waals surface area contributed by atoms with Gasteiger partial charge in [0, 0.05) is 31.4 Å². The molecule has 4 nitrogen and oxygen atoms in total. The van der Waals surface area contributed by atoms with Crippen molar-refractivity contribution in [2.24, 2.45) is 13.0 Å². The number of rotatable bonds is 4. The van der Waals surface area contributed by atoms with E-state index in [1.807, 2.05) is 12.1 Å². The van der Waals surface area contributed by atoms with Crippen molar-refractivity contribution in [3.05, 3.63) is 22.0 Å². The molecule has 2 aromatic heterocycles. The number of amides is 1. The molecule has 0 unspecified atom stereocenters. The third-order valence-electron chi connectivity index (χ3n) is 5.11. The number of nitrogens with one attached hydrogen (secondary N) is 1. The highest BCUT2D eigenvalue weighted by atomic mass is 35.5. The summed E-state index contributed by atoms with van der Waals surface area (Å²) in [6, 6.07) is 3.76. The van der Waals surface area contributed by atoms with E-state index in [1.165, 1.54) is 11.3 Å². The number of aromatic nitrogens is 2. The van der Waals surface area contributed by atoms with Gasteiger partial charge in [0.15, 0.2) is 0 Å². The van der Waals surface area contributed by atoms with Crippen molar-refractivity contribution in [3.8, 4) is 10.6 Å². The molecule has 0 spiro atoms. The van der Waals surface area contributed by atoms with Gasteiger partial charge in [-0.05, 0) is 30.9 Å². The lowest BCUT2D eigenvalue weighted by molar-refractivity contribution is -0.145. The number of carbonyl (C=O) groups is 1. The van der Waals surface area contributed by atoms with E-state index >= 15 is 0 Å². The van der Waals surface area contributed by atoms with Gasteiger partial charge in [-0.25, -0.2) is 8.78 Å². The van der Waals surface area contributed by atoms with Crippen molar-refractivity contribution in [2.45, 2.75) is 43.9 Å². The summed E-state index contributed by atoms with van der Waals surface area (Å²) in [4.78, 5) is 13.3. The number of halogens is 3. The van der Waals surface area contributed by atoms with E-state index in [9.17, 15) is 13.6 Å². The second-order valence-corrected chi connectivity index (χ2v) is 8.63. The van der Waals surface area contributed by atoms with E-state index < -0.39 is 11.8 Å². The normalized spacial score (nSPS) is 20.2. The molecule has 0 aliphatic heterocycles. The number of thiophene rings is 1. The Hall–Kier alpha value is -1.47. The summed E-state index contributed by atoms with van der Waals surface area (Å²) in [5.41, 5.74) is 1.84. The Kier molecular flexibility index (Phi) is 4.11. The Morgan fingerprint density at radius 1 is 1.40 bits per heavy atom. The molecular formula is C17H18ClF2N3OS. The van der Waals surface area contributed by atoms with Gasteiger partial charge < -0.3 is 5.32 Å². The predicted molar refractivity (Wildman–Crippen MR) is 94.4 cm³/mol. The number of aryl methyl sites for hydroxylation is 1. The van der Waals surface area contributed by atoms with E-state index in [2.05, 4.69) is 10.4 Å². The average molecular weight is 386 g/mol. The van der Waals surface area contributed by atoms with Gasteiger partial charge in [0.25, 0.3) is 0 Å². The van der Waals surface area contributed by atoms with Gasteiger partial charge in [0.1, 0.15) is 11.5 Å². The van der Waals surface area contributed by atoms with Crippen molar-refractivity contribution in [1.29, 1.82) is 0 Å². The largest absolute Gasteiger partial charge is 0.310 e. The quantitative estimate of drug-likeness (QED) is 0.800. The molecular weight excluding hydrogens is 368 g/mol. The van der Waals surface area contributed by atoms with Crippen molar-refractivity contribution in [3.63, 3.8) is 0 Å². The van der Waals surface area contributed by atoms with Crippen LogP contribution in [0, 0.1) is 5.92 Å². The maximum atomic E-state index is 13.1. The fraction of sp³-hybridized carbons (Fsp3) is 0.529. The van der Waals surface area contributed by atoms with E-state index in [4.69, 9.17) is 11.6 Å². The molecule has 2 saturated carbocycles. The fourth-order valence-corrected chi connectivity index (χ4v) is 4.50. The zero-order valence-electron chi connectivity index (χ0n) is 13.7. The molecule has 8 heteroatoms. The van der Waals surface area contributed by atoms with E-state index in [0.717, 1.165) is 35.4 Å². The minimum absolute atomic E-state index is 0.336. The molecule has 2 aliphatic carbocycles. The van der Waals surface area contributed by atoms with Crippen LogP contribution in [0.4, 0.5) is 14.6 Å². The SMILES string of the molecule is Cn1nc(-c2ccc(Cl)s2)c(C2CCC2)c1NC(=O)C1CC(F)(F)C1. The fourth-order valence-electron chi connectivity index (χ4n) is 3.46. The van der Waals surface area contributed by atoms with Crippen molar-refractivity contribution in [1.82, 2.24) is 9.78 Å². The van der Waals surface area contributed by atoms with Crippen LogP contribution in [0.2, 0.25) is 4.34 Å². The second kappa shape index (κ2) is 6.06. The third kappa shape index (κ3) is 3.08. The van der Waals surface area contributed by atoms with Crippen LogP contribution in [0.5, 0.6) is 0 Å². The Bertz CT molecular complexity index is 820. The first-order chi connectivity index (χ1) is 11.8. The Balaban J connectivity index is 1.65. The van der Waals surface area contributed by atoms with Gasteiger partial charge in [0.2, 0.25) is 11.8 Å².